The maximum atomic E-state index is 12.4. The fourth-order valence-corrected chi connectivity index (χ4v) is 3.97. The smallest absolute Gasteiger partial charge is 0.261 e. The Labute approximate surface area is 174 Å². The summed E-state index contributed by atoms with van der Waals surface area (Å²) in [7, 11) is 0. The van der Waals surface area contributed by atoms with E-state index in [1.807, 2.05) is 39.0 Å². The Morgan fingerprint density at radius 3 is 2.69 bits per heavy atom. The summed E-state index contributed by atoms with van der Waals surface area (Å²) in [6.45, 7) is 11.7. The molecule has 4 nitrogen and oxygen atoms in total. The fraction of sp³-hybridized carbons (Fsp3) is 0.400. The first kappa shape index (κ1) is 21.1. The van der Waals surface area contributed by atoms with Crippen LogP contribution in [0, 0.1) is 0 Å². The topological polar surface area (TPSA) is 41.6 Å². The number of carbonyl (C=O) groups is 1. The van der Waals surface area contributed by atoms with Crippen LogP contribution in [-0.4, -0.2) is 36.0 Å². The SMILES string of the molecule is C=CCN1CCc2ccc(O[C@H](CC)C(=O)NC(C)C)cc2[C@H]1c1ccccc1. The molecule has 0 bridgehead atoms. The third-order valence-corrected chi connectivity index (χ3v) is 5.30. The lowest BCUT2D eigenvalue weighted by molar-refractivity contribution is -0.128. The molecular weight excluding hydrogens is 360 g/mol. The van der Waals surface area contributed by atoms with Crippen molar-refractivity contribution in [3.63, 3.8) is 0 Å². The van der Waals surface area contributed by atoms with Gasteiger partial charge < -0.3 is 10.1 Å². The van der Waals surface area contributed by atoms with Gasteiger partial charge in [-0.25, -0.2) is 0 Å². The lowest BCUT2D eigenvalue weighted by Crippen LogP contribution is -2.41. The monoisotopic (exact) mass is 392 g/mol. The van der Waals surface area contributed by atoms with E-state index in [-0.39, 0.29) is 18.0 Å². The van der Waals surface area contributed by atoms with Gasteiger partial charge in [-0.2, -0.15) is 0 Å². The molecule has 2 aromatic rings. The summed E-state index contributed by atoms with van der Waals surface area (Å²) in [5.41, 5.74) is 3.85. The van der Waals surface area contributed by atoms with E-state index in [9.17, 15) is 4.79 Å². The number of hydrogen-bond acceptors (Lipinski definition) is 3. The molecule has 0 aromatic heterocycles. The summed E-state index contributed by atoms with van der Waals surface area (Å²) < 4.78 is 6.12. The van der Waals surface area contributed by atoms with Crippen LogP contribution in [-0.2, 0) is 11.2 Å². The van der Waals surface area contributed by atoms with Crippen LogP contribution >= 0.6 is 0 Å². The molecule has 29 heavy (non-hydrogen) atoms. The van der Waals surface area contributed by atoms with Crippen molar-refractivity contribution in [3.05, 3.63) is 77.9 Å². The van der Waals surface area contributed by atoms with E-state index >= 15 is 0 Å². The number of ether oxygens (including phenoxy) is 1. The van der Waals surface area contributed by atoms with Gasteiger partial charge in [0.05, 0.1) is 6.04 Å². The first-order valence-corrected chi connectivity index (χ1v) is 10.5. The van der Waals surface area contributed by atoms with Gasteiger partial charge in [-0.15, -0.1) is 6.58 Å². The summed E-state index contributed by atoms with van der Waals surface area (Å²) in [4.78, 5) is 14.9. The Hall–Kier alpha value is -2.59. The van der Waals surface area contributed by atoms with Crippen LogP contribution in [0.5, 0.6) is 5.75 Å². The molecule has 0 spiro atoms. The highest BCUT2D eigenvalue weighted by Gasteiger charge is 2.29. The van der Waals surface area contributed by atoms with E-state index in [0.29, 0.717) is 6.42 Å². The van der Waals surface area contributed by atoms with Crippen molar-refractivity contribution in [2.24, 2.45) is 0 Å². The van der Waals surface area contributed by atoms with Crippen molar-refractivity contribution < 1.29 is 9.53 Å². The summed E-state index contributed by atoms with van der Waals surface area (Å²) in [5, 5.41) is 2.95. The molecule has 0 radical (unpaired) electrons. The number of carbonyl (C=O) groups excluding carboxylic acids is 1. The fourth-order valence-electron chi connectivity index (χ4n) is 3.97. The molecule has 2 atom stereocenters. The third-order valence-electron chi connectivity index (χ3n) is 5.30. The first-order chi connectivity index (χ1) is 14.0. The van der Waals surface area contributed by atoms with Crippen molar-refractivity contribution in [2.75, 3.05) is 13.1 Å². The van der Waals surface area contributed by atoms with Gasteiger partial charge in [-0.3, -0.25) is 9.69 Å². The van der Waals surface area contributed by atoms with Crippen molar-refractivity contribution in [1.29, 1.82) is 0 Å². The minimum atomic E-state index is -0.488. The van der Waals surface area contributed by atoms with Gasteiger partial charge in [0.25, 0.3) is 5.91 Å². The van der Waals surface area contributed by atoms with E-state index in [1.165, 1.54) is 16.7 Å². The number of rotatable bonds is 8. The zero-order valence-electron chi connectivity index (χ0n) is 17.7. The highest BCUT2D eigenvalue weighted by atomic mass is 16.5. The molecule has 0 fully saturated rings. The largest absolute Gasteiger partial charge is 0.481 e. The molecule has 154 valence electrons. The molecule has 1 amide bonds. The maximum Gasteiger partial charge on any atom is 0.261 e. The molecular formula is C25H32N2O2. The van der Waals surface area contributed by atoms with Gasteiger partial charge in [0, 0.05) is 19.1 Å². The van der Waals surface area contributed by atoms with Crippen LogP contribution < -0.4 is 10.1 Å². The maximum absolute atomic E-state index is 12.4. The lowest BCUT2D eigenvalue weighted by Gasteiger charge is -2.37. The highest BCUT2D eigenvalue weighted by Crippen LogP contribution is 2.37. The van der Waals surface area contributed by atoms with E-state index < -0.39 is 6.10 Å². The Morgan fingerprint density at radius 2 is 2.03 bits per heavy atom. The number of hydrogen-bond donors (Lipinski definition) is 1. The molecule has 1 N–H and O–H groups in total. The van der Waals surface area contributed by atoms with E-state index in [0.717, 1.165) is 25.3 Å². The van der Waals surface area contributed by atoms with Crippen molar-refractivity contribution in [2.45, 2.75) is 51.8 Å². The van der Waals surface area contributed by atoms with Crippen LogP contribution in [0.4, 0.5) is 0 Å². The molecule has 2 aromatic carbocycles. The Morgan fingerprint density at radius 1 is 1.28 bits per heavy atom. The molecule has 1 aliphatic heterocycles. The molecule has 0 saturated carbocycles. The Kier molecular flexibility index (Phi) is 7.10. The van der Waals surface area contributed by atoms with Crippen LogP contribution in [0.3, 0.4) is 0 Å². The summed E-state index contributed by atoms with van der Waals surface area (Å²) in [5.74, 6) is 0.684. The molecule has 1 heterocycles. The average Bonchev–Trinajstić information content (AvgIpc) is 2.72. The van der Waals surface area contributed by atoms with Crippen LogP contribution in [0.1, 0.15) is 49.9 Å². The zero-order valence-corrected chi connectivity index (χ0v) is 17.7. The number of benzene rings is 2. The minimum Gasteiger partial charge on any atom is -0.481 e. The van der Waals surface area contributed by atoms with Gasteiger partial charge in [0.15, 0.2) is 6.10 Å². The third kappa shape index (κ3) is 5.07. The predicted molar refractivity (Wildman–Crippen MR) is 118 cm³/mol. The lowest BCUT2D eigenvalue weighted by atomic mass is 9.88. The number of nitrogens with zero attached hydrogens (tertiary/aromatic N) is 1. The first-order valence-electron chi connectivity index (χ1n) is 10.5. The van der Waals surface area contributed by atoms with Crippen LogP contribution in [0.25, 0.3) is 0 Å². The second-order valence-corrected chi connectivity index (χ2v) is 7.89. The molecule has 3 rings (SSSR count). The predicted octanol–water partition coefficient (Wildman–Crippen LogP) is 4.50. The number of amides is 1. The normalized spacial score (nSPS) is 17.4. The standard InChI is InChI=1S/C25H32N2O2/c1-5-15-27-16-14-19-12-13-21(29-23(6-2)25(28)26-18(3)4)17-22(19)24(27)20-10-8-7-9-11-20/h5,7-13,17-18,23-24H,1,6,14-16H2,2-4H3,(H,26,28)/t23-,24-/m1/s1. The molecule has 4 heteroatoms. The molecule has 0 unspecified atom stereocenters. The highest BCUT2D eigenvalue weighted by molar-refractivity contribution is 5.81. The van der Waals surface area contributed by atoms with Crippen LogP contribution in [0.15, 0.2) is 61.2 Å². The zero-order chi connectivity index (χ0) is 20.8. The van der Waals surface area contributed by atoms with Gasteiger partial charge >= 0.3 is 0 Å². The number of nitrogens with one attached hydrogen (secondary N) is 1. The molecule has 1 aliphatic rings. The summed E-state index contributed by atoms with van der Waals surface area (Å²) >= 11 is 0. The van der Waals surface area contributed by atoms with E-state index in [2.05, 4.69) is 53.2 Å². The second kappa shape index (κ2) is 9.75. The molecule has 0 saturated heterocycles. The van der Waals surface area contributed by atoms with Crippen molar-refractivity contribution in [3.8, 4) is 5.75 Å². The van der Waals surface area contributed by atoms with Crippen LogP contribution in [0.2, 0.25) is 0 Å². The van der Waals surface area contributed by atoms with E-state index in [4.69, 9.17) is 4.74 Å². The molecule has 0 aliphatic carbocycles. The van der Waals surface area contributed by atoms with E-state index in [1.54, 1.807) is 0 Å². The van der Waals surface area contributed by atoms with Gasteiger partial charge in [0.2, 0.25) is 0 Å². The van der Waals surface area contributed by atoms with Gasteiger partial charge in [0.1, 0.15) is 5.75 Å². The van der Waals surface area contributed by atoms with Gasteiger partial charge in [-0.05, 0) is 55.5 Å². The van der Waals surface area contributed by atoms with Gasteiger partial charge in [-0.1, -0.05) is 49.4 Å². The Balaban J connectivity index is 1.92. The van der Waals surface area contributed by atoms with Crippen molar-refractivity contribution >= 4 is 5.91 Å². The second-order valence-electron chi connectivity index (χ2n) is 7.89. The average molecular weight is 393 g/mol. The van der Waals surface area contributed by atoms with Crippen molar-refractivity contribution in [1.82, 2.24) is 10.2 Å². The summed E-state index contributed by atoms with van der Waals surface area (Å²) in [6.07, 6.45) is 3.10. The number of fused-ring (bicyclic) bond motifs is 1. The quantitative estimate of drug-likeness (QED) is 0.673. The summed E-state index contributed by atoms with van der Waals surface area (Å²) in [6, 6.07) is 17.1. The minimum absolute atomic E-state index is 0.0619. The Bertz CT molecular complexity index is 832.